The Hall–Kier alpha value is -4.96. The van der Waals surface area contributed by atoms with Crippen LogP contribution in [-0.4, -0.2) is 55.7 Å². The summed E-state index contributed by atoms with van der Waals surface area (Å²) in [7, 11) is 1.75. The molecule has 5 rings (SSSR count). The van der Waals surface area contributed by atoms with Crippen molar-refractivity contribution in [2.75, 3.05) is 19.3 Å². The highest BCUT2D eigenvalue weighted by atomic mass is 19.2. The maximum atomic E-state index is 15.5. The highest BCUT2D eigenvalue weighted by Crippen LogP contribution is 2.35. The number of nitriles is 1. The molecule has 1 aliphatic heterocycles. The lowest BCUT2D eigenvalue weighted by molar-refractivity contribution is -0.127. The normalized spacial score (nSPS) is 15.6. The summed E-state index contributed by atoms with van der Waals surface area (Å²) >= 11 is 0. The lowest BCUT2D eigenvalue weighted by atomic mass is 10.0. The molecule has 0 saturated carbocycles. The Kier molecular flexibility index (Phi) is 8.06. The first-order valence-corrected chi connectivity index (χ1v) is 13.5. The third kappa shape index (κ3) is 5.87. The predicted molar refractivity (Wildman–Crippen MR) is 153 cm³/mol. The summed E-state index contributed by atoms with van der Waals surface area (Å²) in [5.74, 6) is -3.78. The lowest BCUT2D eigenvalue weighted by Crippen LogP contribution is -2.40. The van der Waals surface area contributed by atoms with Gasteiger partial charge in [-0.3, -0.25) is 4.79 Å². The fourth-order valence-corrected chi connectivity index (χ4v) is 5.01. The van der Waals surface area contributed by atoms with Crippen molar-refractivity contribution in [1.82, 2.24) is 30.0 Å². The minimum absolute atomic E-state index is 0.0336. The molecule has 1 fully saturated rings. The molecule has 13 heteroatoms. The van der Waals surface area contributed by atoms with Gasteiger partial charge < -0.3 is 20.7 Å². The summed E-state index contributed by atoms with van der Waals surface area (Å²) in [6.07, 6.45) is 4.27. The Bertz CT molecular complexity index is 1780. The number of hydrogen-bond acceptors (Lipinski definition) is 8. The number of aromatic nitrogens is 4. The molecule has 2 aromatic carbocycles. The first kappa shape index (κ1) is 29.5. The van der Waals surface area contributed by atoms with Gasteiger partial charge in [0.2, 0.25) is 5.82 Å². The monoisotopic (exact) mass is 590 g/mol. The van der Waals surface area contributed by atoms with Crippen LogP contribution < -0.4 is 15.8 Å². The van der Waals surface area contributed by atoms with Crippen LogP contribution in [0.25, 0.3) is 22.3 Å². The molecule has 1 amide bonds. The molecule has 0 aliphatic carbocycles. The van der Waals surface area contributed by atoms with Gasteiger partial charge in [0.05, 0.1) is 18.0 Å². The second-order valence-corrected chi connectivity index (χ2v) is 10.7. The third-order valence-corrected chi connectivity index (χ3v) is 7.42. The molecule has 222 valence electrons. The number of anilines is 1. The second-order valence-electron chi connectivity index (χ2n) is 10.7. The smallest absolute Gasteiger partial charge is 0.264 e. The van der Waals surface area contributed by atoms with Gasteiger partial charge in [0.1, 0.15) is 41.0 Å². The van der Waals surface area contributed by atoms with E-state index in [1.54, 1.807) is 22.7 Å². The number of carbonyl (C=O) groups is 1. The Balaban J connectivity index is 1.47. The van der Waals surface area contributed by atoms with Crippen molar-refractivity contribution in [3.8, 4) is 28.8 Å². The molecule has 1 atom stereocenters. The van der Waals surface area contributed by atoms with Crippen LogP contribution in [0.15, 0.2) is 54.4 Å². The van der Waals surface area contributed by atoms with E-state index < -0.39 is 23.0 Å². The number of hydrogen-bond donors (Lipinski definition) is 2. The standard InChI is InChI=1S/C30H29F3N8O2/c1-30(2,36-3)13-17(14-34)29(42)40-11-5-6-18(40)15-41-28-24(27(35)37-16-38-28)26(39-41)20-10-9-19(12-22(20)32)43-23-8-4-7-21(31)25(23)33/h4,7-10,12-13,16,18,36H,5-6,11,15H2,1-3H3,(H2,35,37,38)/b17-13-/t18-/m1/s1. The SMILES string of the molecule is CNC(C)(C)/C=C(/C#N)C(=O)N1CCC[C@@H]1Cn1nc(-c2ccc(Oc3cccc(F)c3F)cc2F)c2c(N)ncnc21. The number of halogens is 3. The Morgan fingerprint density at radius 1 is 1.23 bits per heavy atom. The maximum absolute atomic E-state index is 15.5. The quantitative estimate of drug-likeness (QED) is 0.222. The van der Waals surface area contributed by atoms with Crippen molar-refractivity contribution in [2.24, 2.45) is 0 Å². The summed E-state index contributed by atoms with van der Waals surface area (Å²) in [4.78, 5) is 23.4. The van der Waals surface area contributed by atoms with Gasteiger partial charge in [0.25, 0.3) is 5.91 Å². The molecule has 0 spiro atoms. The highest BCUT2D eigenvalue weighted by molar-refractivity contribution is 5.99. The number of rotatable bonds is 8. The average molecular weight is 591 g/mol. The lowest BCUT2D eigenvalue weighted by Gasteiger charge is -2.26. The molecule has 43 heavy (non-hydrogen) atoms. The number of nitrogens with one attached hydrogen (secondary N) is 1. The van der Waals surface area contributed by atoms with Crippen molar-refractivity contribution < 1.29 is 22.7 Å². The number of nitrogen functional groups attached to an aromatic ring is 1. The number of nitrogens with zero attached hydrogens (tertiary/aromatic N) is 6. The Labute approximate surface area is 245 Å². The number of ether oxygens (including phenoxy) is 1. The molecule has 1 aliphatic rings. The van der Waals surface area contributed by atoms with E-state index in [9.17, 15) is 18.8 Å². The van der Waals surface area contributed by atoms with Gasteiger partial charge in [-0.1, -0.05) is 6.07 Å². The Morgan fingerprint density at radius 2 is 2.02 bits per heavy atom. The van der Waals surface area contributed by atoms with E-state index in [-0.39, 0.29) is 52.6 Å². The van der Waals surface area contributed by atoms with Gasteiger partial charge in [-0.25, -0.2) is 23.4 Å². The summed E-state index contributed by atoms with van der Waals surface area (Å²) in [6, 6.07) is 8.99. The first-order valence-electron chi connectivity index (χ1n) is 13.5. The summed E-state index contributed by atoms with van der Waals surface area (Å²) < 4.78 is 50.1. The summed E-state index contributed by atoms with van der Waals surface area (Å²) in [5.41, 5.74) is 6.23. The number of likely N-dealkylation sites (tertiary alicyclic amines) is 1. The number of carbonyl (C=O) groups excluding carboxylic acids is 1. The zero-order valence-corrected chi connectivity index (χ0v) is 23.7. The molecule has 3 heterocycles. The zero-order valence-electron chi connectivity index (χ0n) is 23.7. The van der Waals surface area contributed by atoms with Crippen molar-refractivity contribution in [1.29, 1.82) is 5.26 Å². The van der Waals surface area contributed by atoms with Crippen LogP contribution >= 0.6 is 0 Å². The van der Waals surface area contributed by atoms with E-state index in [1.807, 2.05) is 19.9 Å². The third-order valence-electron chi connectivity index (χ3n) is 7.42. The van der Waals surface area contributed by atoms with Gasteiger partial charge in [-0.2, -0.15) is 14.8 Å². The topological polar surface area (TPSA) is 135 Å². The molecule has 4 aromatic rings. The molecule has 10 nitrogen and oxygen atoms in total. The minimum atomic E-state index is -1.19. The van der Waals surface area contributed by atoms with Crippen LogP contribution in [0.2, 0.25) is 0 Å². The first-order chi connectivity index (χ1) is 20.5. The van der Waals surface area contributed by atoms with Gasteiger partial charge in [0, 0.05) is 23.7 Å². The van der Waals surface area contributed by atoms with E-state index in [0.717, 1.165) is 18.6 Å². The molecule has 0 bridgehead atoms. The minimum Gasteiger partial charge on any atom is -0.454 e. The van der Waals surface area contributed by atoms with Crippen LogP contribution in [0.1, 0.15) is 26.7 Å². The van der Waals surface area contributed by atoms with Gasteiger partial charge in [-0.05, 0) is 64.1 Å². The molecule has 1 saturated heterocycles. The largest absolute Gasteiger partial charge is 0.454 e. The van der Waals surface area contributed by atoms with Crippen molar-refractivity contribution >= 4 is 22.8 Å². The second kappa shape index (κ2) is 11.7. The fraction of sp³-hybridized carbons (Fsp3) is 0.300. The van der Waals surface area contributed by atoms with Crippen LogP contribution in [-0.2, 0) is 11.3 Å². The number of benzene rings is 2. The zero-order chi connectivity index (χ0) is 30.9. The number of fused-ring (bicyclic) bond motifs is 1. The maximum Gasteiger partial charge on any atom is 0.264 e. The fourth-order valence-electron chi connectivity index (χ4n) is 5.01. The van der Waals surface area contributed by atoms with Gasteiger partial charge in [-0.15, -0.1) is 0 Å². The van der Waals surface area contributed by atoms with E-state index in [0.29, 0.717) is 24.0 Å². The van der Waals surface area contributed by atoms with Crippen LogP contribution in [0, 0.1) is 28.8 Å². The van der Waals surface area contributed by atoms with Crippen molar-refractivity contribution in [3.63, 3.8) is 0 Å². The van der Waals surface area contributed by atoms with Gasteiger partial charge in [0.15, 0.2) is 17.2 Å². The summed E-state index contributed by atoms with van der Waals surface area (Å²) in [5, 5.41) is 17.7. The number of amides is 1. The van der Waals surface area contributed by atoms with E-state index in [1.165, 1.54) is 30.6 Å². The highest BCUT2D eigenvalue weighted by Gasteiger charge is 2.33. The molecule has 3 N–H and O–H groups in total. The van der Waals surface area contributed by atoms with Gasteiger partial charge >= 0.3 is 0 Å². The molecular weight excluding hydrogens is 561 g/mol. The Morgan fingerprint density at radius 3 is 2.74 bits per heavy atom. The molecule has 0 unspecified atom stereocenters. The van der Waals surface area contributed by atoms with Crippen LogP contribution in [0.4, 0.5) is 19.0 Å². The van der Waals surface area contributed by atoms with Crippen LogP contribution in [0.3, 0.4) is 0 Å². The summed E-state index contributed by atoms with van der Waals surface area (Å²) in [6.45, 7) is 4.40. The van der Waals surface area contributed by atoms with E-state index in [2.05, 4.69) is 20.4 Å². The average Bonchev–Trinajstić information content (AvgIpc) is 3.60. The molecule has 0 radical (unpaired) electrons. The number of likely N-dealkylation sites (N-methyl/N-ethyl adjacent to an activating group) is 1. The van der Waals surface area contributed by atoms with Crippen LogP contribution in [0.5, 0.6) is 11.5 Å². The predicted octanol–water partition coefficient (Wildman–Crippen LogP) is 4.72. The van der Waals surface area contributed by atoms with Crippen molar-refractivity contribution in [3.05, 3.63) is 71.8 Å². The number of nitrogens with two attached hydrogens (primary N) is 1. The van der Waals surface area contributed by atoms with E-state index in [4.69, 9.17) is 10.5 Å². The molecule has 2 aromatic heterocycles. The van der Waals surface area contributed by atoms with Crippen molar-refractivity contribution in [2.45, 2.75) is 44.8 Å². The van der Waals surface area contributed by atoms with E-state index >= 15 is 4.39 Å². The molecular formula is C30H29F3N8O2.